The quantitative estimate of drug-likeness (QED) is 0.0174. The number of anilines is 9. The fraction of sp³-hybridized carbons (Fsp3) is 0.319. The highest BCUT2D eigenvalue weighted by molar-refractivity contribution is 6.64. The zero-order valence-corrected chi connectivity index (χ0v) is 74.9. The predicted octanol–water partition coefficient (Wildman–Crippen LogP) is 20.3. The van der Waals surface area contributed by atoms with Crippen molar-refractivity contribution in [2.75, 3.05) is 50.4 Å². The van der Waals surface area contributed by atoms with Gasteiger partial charge in [0, 0.05) is 88.4 Å². The number of carbonyl (C=O) groups is 6. The molecule has 5 fully saturated rings. The van der Waals surface area contributed by atoms with E-state index in [1.54, 1.807) is 66.7 Å². The number of hydrogen-bond donors (Lipinski definition) is 13. The minimum Gasteiger partial charge on any atom is -0.478 e. The van der Waals surface area contributed by atoms with Gasteiger partial charge in [0.15, 0.2) is 22.8 Å². The molecule has 0 saturated heterocycles. The van der Waals surface area contributed by atoms with Crippen molar-refractivity contribution >= 4 is 171 Å². The van der Waals surface area contributed by atoms with Crippen LogP contribution in [0.25, 0.3) is 67.7 Å². The van der Waals surface area contributed by atoms with E-state index in [0.717, 1.165) is 159 Å². The van der Waals surface area contributed by atoms with Crippen molar-refractivity contribution in [3.63, 3.8) is 0 Å². The molecule has 38 nitrogen and oxygen atoms in total. The molecule has 5 aliphatic carbocycles. The van der Waals surface area contributed by atoms with Crippen LogP contribution in [0.15, 0.2) is 198 Å². The average molecular weight is 1860 g/mol. The van der Waals surface area contributed by atoms with Gasteiger partial charge in [-0.3, -0.25) is 54.3 Å². The molecule has 5 saturated carbocycles. The minimum atomic E-state index is -1.09. The highest BCUT2D eigenvalue weighted by atomic mass is 35.5. The first-order valence-corrected chi connectivity index (χ1v) is 44.8. The van der Waals surface area contributed by atoms with Gasteiger partial charge in [-0.05, 0) is 221 Å². The number of nitro benzene ring substituents is 3. The van der Waals surface area contributed by atoms with E-state index in [4.69, 9.17) is 62.7 Å². The predicted molar refractivity (Wildman–Crippen MR) is 517 cm³/mol. The molecule has 698 valence electrons. The van der Waals surface area contributed by atoms with Crippen LogP contribution in [-0.4, -0.2) is 109 Å². The second kappa shape index (κ2) is 49.6. The third kappa shape index (κ3) is 30.4. The van der Waals surface area contributed by atoms with Crippen LogP contribution in [0.3, 0.4) is 0 Å². The summed E-state index contributed by atoms with van der Waals surface area (Å²) < 4.78 is 0. The molecule has 8 aromatic heterocycles. The van der Waals surface area contributed by atoms with Crippen LogP contribution in [-0.2, 0) is 24.0 Å². The second-order valence-corrected chi connectivity index (χ2v) is 33.2. The summed E-state index contributed by atoms with van der Waals surface area (Å²) in [6.45, 7) is 0. The molecule has 0 aliphatic heterocycles. The van der Waals surface area contributed by atoms with Crippen molar-refractivity contribution in [1.29, 1.82) is 0 Å². The fourth-order valence-electron chi connectivity index (χ4n) is 15.3. The molecule has 0 atom stereocenters. The second-order valence-electron chi connectivity index (χ2n) is 32.4. The molecule has 13 aromatic rings. The number of azo groups is 1. The maximum absolute atomic E-state index is 12.5. The Morgan fingerprint density at radius 3 is 1.03 bits per heavy atom. The number of halogens is 2. The lowest BCUT2D eigenvalue weighted by molar-refractivity contribution is -0.385. The van der Waals surface area contributed by atoms with Gasteiger partial charge < -0.3 is 70.4 Å². The minimum absolute atomic E-state index is 0.0210. The van der Waals surface area contributed by atoms with Crippen molar-refractivity contribution < 1.29 is 48.6 Å². The summed E-state index contributed by atoms with van der Waals surface area (Å²) in [5.41, 5.74) is 41.5. The number of aromatic nitrogens is 11. The Balaban J connectivity index is 0.000000155. The maximum Gasteiger partial charge on any atom is 0.335 e. The van der Waals surface area contributed by atoms with Gasteiger partial charge in [0.2, 0.25) is 28.2 Å². The van der Waals surface area contributed by atoms with Gasteiger partial charge >= 0.3 is 5.97 Å². The zero-order chi connectivity index (χ0) is 95.6. The number of imidazole rings is 3. The number of nitrogens with two attached hydrogens (primary N) is 6. The number of aromatic amines is 3. The number of nitrogens with zero attached hydrogens (tertiary/aromatic N) is 13. The summed E-state index contributed by atoms with van der Waals surface area (Å²) in [5.74, 6) is 4.38. The topological polar surface area (TPSA) is 619 Å². The highest BCUT2D eigenvalue weighted by Gasteiger charge is 2.26. The smallest absolute Gasteiger partial charge is 0.335 e. The number of benzene rings is 5. The molecule has 134 heavy (non-hydrogen) atoms. The summed E-state index contributed by atoms with van der Waals surface area (Å²) in [7, 11) is 0. The van der Waals surface area contributed by atoms with Crippen molar-refractivity contribution in [1.82, 2.24) is 54.8 Å². The summed E-state index contributed by atoms with van der Waals surface area (Å²) in [6.07, 6.45) is 27.5. The van der Waals surface area contributed by atoms with Gasteiger partial charge in [0.1, 0.15) is 58.1 Å². The Hall–Kier alpha value is -15.3. The number of amides is 3. The number of carboxylic acid groups (broad SMARTS) is 1. The normalized spacial score (nSPS) is 14.6. The summed E-state index contributed by atoms with van der Waals surface area (Å²) >= 11 is 10.6. The zero-order valence-electron chi connectivity index (χ0n) is 73.3. The SMILES string of the molecule is Nc1ccc(N)c(N)n1.Nc1ccc(N=Nc2ccccc2)c(N)n1.Nc1ccc2[nH]c(-c3ccc([N+](=O)[O-])cc3)nc2n1.O=C(Cl)C1CCCCC1.O=C(Cl)C1CCCCC1.O=C(Nc1ccc(-c2nc3nc(NC(=O)C4CCCCC4)ccc3[nH]2)cc1)C1CCCCC1.O=C(Nc1ccc2[nH]c(-c3ccc([N+](=O)[O-])cc3)nc2n1)C1CCCCC1.O=C(O)c1ccc([N+](=O)[O-])cc1. The van der Waals surface area contributed by atoms with Gasteiger partial charge in [0.25, 0.3) is 17.1 Å². The fourth-order valence-corrected chi connectivity index (χ4v) is 15.7. The Kier molecular flexibility index (Phi) is 36.7. The maximum atomic E-state index is 12.5. The average Bonchev–Trinajstić information content (AvgIpc) is 1.66. The number of rotatable bonds is 17. The summed E-state index contributed by atoms with van der Waals surface area (Å²) in [5, 5.41) is 56.6. The molecule has 40 heteroatoms. The van der Waals surface area contributed by atoms with Crippen LogP contribution in [0.4, 0.5) is 80.5 Å². The van der Waals surface area contributed by atoms with E-state index in [9.17, 15) is 59.1 Å². The number of nitrogens with one attached hydrogen (secondary N) is 6. The molecular formula is C94H105Cl2N25O13. The van der Waals surface area contributed by atoms with Gasteiger partial charge in [0.05, 0.1) is 48.3 Å². The number of carboxylic acids is 1. The van der Waals surface area contributed by atoms with E-state index in [2.05, 4.69) is 81.0 Å². The molecule has 18 rings (SSSR count). The molecular weight excluding hydrogens is 1760 g/mol. The highest BCUT2D eigenvalue weighted by Crippen LogP contribution is 2.34. The Morgan fingerprint density at radius 1 is 0.351 bits per heavy atom. The number of nitro groups is 3. The molecule has 5 aliphatic rings. The number of non-ortho nitro benzene ring substituents is 3. The first kappa shape index (κ1) is 99.2. The number of aromatic carboxylic acids is 1. The van der Waals surface area contributed by atoms with Gasteiger partial charge in [-0.25, -0.2) is 44.7 Å². The van der Waals surface area contributed by atoms with Crippen molar-refractivity contribution in [3.05, 3.63) is 224 Å². The lowest BCUT2D eigenvalue weighted by Gasteiger charge is -2.20. The molecule has 0 radical (unpaired) electrons. The molecule has 0 unspecified atom stereocenters. The van der Waals surface area contributed by atoms with Crippen LogP contribution < -0.4 is 50.4 Å². The third-order valence-electron chi connectivity index (χ3n) is 22.7. The van der Waals surface area contributed by atoms with Crippen molar-refractivity contribution in [3.8, 4) is 34.2 Å². The van der Waals surface area contributed by atoms with E-state index < -0.39 is 20.7 Å². The number of hydrogen-bond acceptors (Lipinski definition) is 28. The van der Waals surface area contributed by atoms with Crippen LogP contribution in [0.2, 0.25) is 0 Å². The first-order valence-electron chi connectivity index (χ1n) is 44.1. The Bertz CT molecular complexity index is 6140. The molecule has 5 aromatic carbocycles. The van der Waals surface area contributed by atoms with Crippen LogP contribution in [0, 0.1) is 59.9 Å². The molecule has 8 heterocycles. The van der Waals surface area contributed by atoms with Gasteiger partial charge in [-0.2, -0.15) is 5.11 Å². The number of nitrogen functional groups attached to an aromatic ring is 6. The van der Waals surface area contributed by atoms with E-state index in [0.29, 0.717) is 74.9 Å². The van der Waals surface area contributed by atoms with Crippen LogP contribution in [0.5, 0.6) is 0 Å². The molecule has 0 bridgehead atoms. The third-order valence-corrected chi connectivity index (χ3v) is 23.3. The van der Waals surface area contributed by atoms with E-state index in [1.807, 2.05) is 72.8 Å². The van der Waals surface area contributed by atoms with Crippen LogP contribution in [0.1, 0.15) is 171 Å². The molecule has 19 N–H and O–H groups in total. The summed E-state index contributed by atoms with van der Waals surface area (Å²) in [6, 6.07) is 51.4. The number of fused-ring (bicyclic) bond motifs is 3. The standard InChI is InChI=1S/C26H31N5O2.C19H19N5O3.C12H9N5O2.C11H11N5.2C7H11ClO.C7H5NO4.C5H8N4/c32-25(18-7-3-1-4-8-18)27-20-13-11-17(12-14-20)23-28-21-15-16-22(29-24(21)31-23)30-26(33)19-9-5-2-6-10-19;25-19(13-4-2-1-3-5-13)22-16-11-10-15-18(21-16)23-17(20-15)12-6-8-14(9-7-12)24(26)27;13-10-6-5-9-12(15-10)16-11(14-9)7-1-3-8(4-2-7)17(18)19;12-10-7-6-9(11(13)14-10)16-15-8-4-2-1-3-5-8;2*8-7(9)6-4-2-1-3-5-6;9-7(10)5-1-3-6(4-2-5)8(11)12;6-3-1-2-4(7)9-5(3)8/h11-16,18-19H,1-10H2,(H,27,32)(H2,28,29,30,31,33);6-11,13H,1-5H2,(H2,20,21,22,23,25);1-6H,(H3,13,14,15,16);1-7H,(H4,12,13,14);2*6H,1-5H2;1-4H,(H,9,10);1-2H,6H2,(H4,7,8,9). The monoisotopic (exact) mass is 1860 g/mol. The number of pyridine rings is 5. The van der Waals surface area contributed by atoms with Gasteiger partial charge in [-0.1, -0.05) is 115 Å². The van der Waals surface area contributed by atoms with Gasteiger partial charge in [-0.15, -0.1) is 5.11 Å². The van der Waals surface area contributed by atoms with Crippen LogP contribution >= 0.6 is 23.2 Å². The lowest BCUT2D eigenvalue weighted by Crippen LogP contribution is -2.25. The Labute approximate surface area is 779 Å². The molecule has 0 spiro atoms. The summed E-state index contributed by atoms with van der Waals surface area (Å²) in [4.78, 5) is 142. The van der Waals surface area contributed by atoms with Crippen molar-refractivity contribution in [2.24, 2.45) is 39.8 Å². The van der Waals surface area contributed by atoms with E-state index >= 15 is 0 Å². The van der Waals surface area contributed by atoms with Crippen molar-refractivity contribution in [2.45, 2.75) is 161 Å². The van der Waals surface area contributed by atoms with E-state index in [1.165, 1.54) is 94.2 Å². The largest absolute Gasteiger partial charge is 0.478 e. The lowest BCUT2D eigenvalue weighted by atomic mass is 9.88. The van der Waals surface area contributed by atoms with E-state index in [-0.39, 0.29) is 92.1 Å². The number of H-pyrrole nitrogens is 3. The molecule has 3 amide bonds. The number of carbonyl (C=O) groups excluding carboxylic acids is 5. The first-order chi connectivity index (χ1) is 64.6. The Morgan fingerprint density at radius 2 is 0.679 bits per heavy atom.